The largest absolute Gasteiger partial charge is 0.479 e. The van der Waals surface area contributed by atoms with Crippen molar-refractivity contribution in [2.45, 2.75) is 57.1 Å². The number of benzene rings is 1. The lowest BCUT2D eigenvalue weighted by atomic mass is 9.82. The van der Waals surface area contributed by atoms with E-state index in [2.05, 4.69) is 5.32 Å². The highest BCUT2D eigenvalue weighted by atomic mass is 16.6. The molecule has 120 valence electrons. The van der Waals surface area contributed by atoms with Gasteiger partial charge in [-0.05, 0) is 45.6 Å². The first kappa shape index (κ1) is 16.3. The van der Waals surface area contributed by atoms with Gasteiger partial charge in [0.05, 0.1) is 0 Å². The number of hydrogen-bond donors (Lipinski definition) is 2. The van der Waals surface area contributed by atoms with Crippen LogP contribution in [0.4, 0.5) is 4.79 Å². The molecule has 5 nitrogen and oxygen atoms in total. The van der Waals surface area contributed by atoms with Crippen molar-refractivity contribution in [3.05, 3.63) is 35.9 Å². The van der Waals surface area contributed by atoms with Crippen molar-refractivity contribution >= 4 is 12.1 Å². The molecule has 22 heavy (non-hydrogen) atoms. The first-order valence-corrected chi connectivity index (χ1v) is 7.54. The van der Waals surface area contributed by atoms with Crippen molar-refractivity contribution in [3.63, 3.8) is 0 Å². The minimum absolute atomic E-state index is 0.251. The van der Waals surface area contributed by atoms with Crippen LogP contribution >= 0.6 is 0 Å². The molecule has 2 N–H and O–H groups in total. The molecule has 1 aliphatic carbocycles. The number of carboxylic acids is 1. The van der Waals surface area contributed by atoms with Gasteiger partial charge in [0.1, 0.15) is 11.1 Å². The second kappa shape index (κ2) is 5.99. The van der Waals surface area contributed by atoms with Crippen molar-refractivity contribution in [2.75, 3.05) is 0 Å². The van der Waals surface area contributed by atoms with E-state index in [0.717, 1.165) is 18.4 Å². The summed E-state index contributed by atoms with van der Waals surface area (Å²) in [5.41, 5.74) is -1.03. The van der Waals surface area contributed by atoms with Gasteiger partial charge in [0.25, 0.3) is 0 Å². The maximum Gasteiger partial charge on any atom is 0.408 e. The number of alkyl carbamates (subject to hydrolysis) is 1. The average Bonchev–Trinajstić information content (AvgIpc) is 2.82. The van der Waals surface area contributed by atoms with Gasteiger partial charge in [0.2, 0.25) is 0 Å². The molecule has 0 unspecified atom stereocenters. The fraction of sp³-hybridized carbons (Fsp3) is 0.529. The molecular weight excluding hydrogens is 282 g/mol. The SMILES string of the molecule is CC(C)(C)OC(=O)N[C@]1(C(=O)O)CCC[C@H]1c1ccccc1. The number of nitrogens with one attached hydrogen (secondary N) is 1. The number of carbonyl (C=O) groups is 2. The number of carboxylic acid groups (broad SMARTS) is 1. The molecule has 1 fully saturated rings. The number of ether oxygens (including phenoxy) is 1. The van der Waals surface area contributed by atoms with Crippen molar-refractivity contribution in [1.82, 2.24) is 5.32 Å². The fourth-order valence-electron chi connectivity index (χ4n) is 3.09. The quantitative estimate of drug-likeness (QED) is 0.898. The van der Waals surface area contributed by atoms with Crippen LogP contribution in [0.2, 0.25) is 0 Å². The molecule has 0 radical (unpaired) electrons. The summed E-state index contributed by atoms with van der Waals surface area (Å²) in [5, 5.41) is 12.4. The lowest BCUT2D eigenvalue weighted by Gasteiger charge is -2.33. The zero-order chi connectivity index (χ0) is 16.4. The molecule has 1 amide bonds. The Balaban J connectivity index is 2.28. The van der Waals surface area contributed by atoms with Gasteiger partial charge in [-0.3, -0.25) is 0 Å². The van der Waals surface area contributed by atoms with Crippen molar-refractivity contribution in [2.24, 2.45) is 0 Å². The predicted octanol–water partition coefficient (Wildman–Crippen LogP) is 3.30. The fourth-order valence-corrected chi connectivity index (χ4v) is 3.09. The smallest absolute Gasteiger partial charge is 0.408 e. The zero-order valence-corrected chi connectivity index (χ0v) is 13.3. The number of rotatable bonds is 3. The van der Waals surface area contributed by atoms with Gasteiger partial charge in [0, 0.05) is 5.92 Å². The molecule has 0 aliphatic heterocycles. The van der Waals surface area contributed by atoms with Crippen LogP contribution in [-0.2, 0) is 9.53 Å². The van der Waals surface area contributed by atoms with E-state index in [0.29, 0.717) is 6.42 Å². The molecular formula is C17H23NO4. The number of carbonyl (C=O) groups excluding carboxylic acids is 1. The first-order valence-electron chi connectivity index (χ1n) is 7.54. The number of amides is 1. The molecule has 1 aromatic carbocycles. The van der Waals surface area contributed by atoms with Gasteiger partial charge in [-0.25, -0.2) is 9.59 Å². The van der Waals surface area contributed by atoms with E-state index in [4.69, 9.17) is 4.74 Å². The highest BCUT2D eigenvalue weighted by Gasteiger charge is 2.51. The minimum atomic E-state index is -1.30. The van der Waals surface area contributed by atoms with Crippen molar-refractivity contribution in [3.8, 4) is 0 Å². The third-order valence-electron chi connectivity index (χ3n) is 3.97. The summed E-state index contributed by atoms with van der Waals surface area (Å²) in [6, 6.07) is 9.47. The maximum atomic E-state index is 12.1. The van der Waals surface area contributed by atoms with E-state index in [9.17, 15) is 14.7 Å². The van der Waals surface area contributed by atoms with Crippen LogP contribution in [0, 0.1) is 0 Å². The molecule has 0 spiro atoms. The van der Waals surface area contributed by atoms with E-state index in [-0.39, 0.29) is 5.92 Å². The average molecular weight is 305 g/mol. The van der Waals surface area contributed by atoms with Crippen molar-refractivity contribution < 1.29 is 19.4 Å². The van der Waals surface area contributed by atoms with E-state index in [1.54, 1.807) is 20.8 Å². The zero-order valence-electron chi connectivity index (χ0n) is 13.3. The minimum Gasteiger partial charge on any atom is -0.479 e. The molecule has 1 aromatic rings. The summed E-state index contributed by atoms with van der Waals surface area (Å²) in [6.07, 6.45) is 1.20. The Morgan fingerprint density at radius 3 is 2.45 bits per heavy atom. The van der Waals surface area contributed by atoms with Gasteiger partial charge in [-0.2, -0.15) is 0 Å². The summed E-state index contributed by atoms with van der Waals surface area (Å²) >= 11 is 0. The Hall–Kier alpha value is -2.04. The number of hydrogen-bond acceptors (Lipinski definition) is 3. The Kier molecular flexibility index (Phi) is 4.44. The third-order valence-corrected chi connectivity index (χ3v) is 3.97. The van der Waals surface area contributed by atoms with Crippen molar-refractivity contribution in [1.29, 1.82) is 0 Å². The van der Waals surface area contributed by atoms with Crippen LogP contribution in [0.15, 0.2) is 30.3 Å². The van der Waals surface area contributed by atoms with Gasteiger partial charge >= 0.3 is 12.1 Å². The second-order valence-electron chi connectivity index (χ2n) is 6.76. The van der Waals surface area contributed by atoms with Crippen LogP contribution in [-0.4, -0.2) is 28.3 Å². The molecule has 5 heteroatoms. The molecule has 1 aliphatic rings. The first-order chi connectivity index (χ1) is 10.2. The maximum absolute atomic E-state index is 12.1. The van der Waals surface area contributed by atoms with E-state index in [1.165, 1.54) is 0 Å². The summed E-state index contributed by atoms with van der Waals surface area (Å²) in [5.74, 6) is -1.26. The Bertz CT molecular complexity index is 550. The number of aliphatic carboxylic acids is 1. The molecule has 0 saturated heterocycles. The van der Waals surface area contributed by atoms with Crippen LogP contribution in [0.1, 0.15) is 51.5 Å². The van der Waals surface area contributed by atoms with Crippen LogP contribution in [0.5, 0.6) is 0 Å². The predicted molar refractivity (Wildman–Crippen MR) is 82.8 cm³/mol. The lowest BCUT2D eigenvalue weighted by Crippen LogP contribution is -2.57. The van der Waals surface area contributed by atoms with Gasteiger partial charge in [-0.1, -0.05) is 30.3 Å². The van der Waals surface area contributed by atoms with E-state index in [1.807, 2.05) is 30.3 Å². The standard InChI is InChI=1S/C17H23NO4/c1-16(2,3)22-15(21)18-17(14(19)20)11-7-10-13(17)12-8-5-4-6-9-12/h4-6,8-9,13H,7,10-11H2,1-3H3,(H,18,21)(H,19,20)/t13-,17+/m0/s1. The Morgan fingerprint density at radius 2 is 1.91 bits per heavy atom. The molecule has 2 rings (SSSR count). The normalized spacial score (nSPS) is 24.8. The third kappa shape index (κ3) is 3.40. The topological polar surface area (TPSA) is 75.6 Å². The highest BCUT2D eigenvalue weighted by molar-refractivity contribution is 5.86. The van der Waals surface area contributed by atoms with E-state index >= 15 is 0 Å². The van der Waals surface area contributed by atoms with E-state index < -0.39 is 23.2 Å². The van der Waals surface area contributed by atoms with Gasteiger partial charge in [-0.15, -0.1) is 0 Å². The highest BCUT2D eigenvalue weighted by Crippen LogP contribution is 2.43. The molecule has 1 saturated carbocycles. The second-order valence-corrected chi connectivity index (χ2v) is 6.76. The molecule has 0 heterocycles. The Morgan fingerprint density at radius 1 is 1.27 bits per heavy atom. The summed E-state index contributed by atoms with van der Waals surface area (Å²) < 4.78 is 5.25. The Labute approximate surface area is 130 Å². The molecule has 0 aromatic heterocycles. The molecule has 2 atom stereocenters. The summed E-state index contributed by atoms with van der Waals surface area (Å²) in [6.45, 7) is 5.26. The van der Waals surface area contributed by atoms with Crippen LogP contribution < -0.4 is 5.32 Å². The van der Waals surface area contributed by atoms with Gasteiger partial charge < -0.3 is 15.2 Å². The summed E-state index contributed by atoms with van der Waals surface area (Å²) in [4.78, 5) is 24.0. The summed E-state index contributed by atoms with van der Waals surface area (Å²) in [7, 11) is 0. The monoisotopic (exact) mass is 305 g/mol. The van der Waals surface area contributed by atoms with Crippen LogP contribution in [0.3, 0.4) is 0 Å². The van der Waals surface area contributed by atoms with Gasteiger partial charge in [0.15, 0.2) is 0 Å². The lowest BCUT2D eigenvalue weighted by molar-refractivity contribution is -0.145. The van der Waals surface area contributed by atoms with Crippen LogP contribution in [0.25, 0.3) is 0 Å². The molecule has 0 bridgehead atoms.